The van der Waals surface area contributed by atoms with Crippen LogP contribution in [-0.4, -0.2) is 34.9 Å². The third kappa shape index (κ3) is 43.8. The highest BCUT2D eigenvalue weighted by atomic mass is 16.3. The fourth-order valence-electron chi connectivity index (χ4n) is 7.82. The Morgan fingerprint density at radius 1 is 0.418 bits per heavy atom. The van der Waals surface area contributed by atoms with Crippen LogP contribution in [0.15, 0.2) is 24.3 Å². The molecule has 55 heavy (non-hydrogen) atoms. The molecule has 326 valence electrons. The number of unbranched alkanes of at least 4 members (excludes halogenated alkanes) is 37. The van der Waals surface area contributed by atoms with Crippen LogP contribution in [0.2, 0.25) is 0 Å². The summed E-state index contributed by atoms with van der Waals surface area (Å²) in [4.78, 5) is 12.4. The Bertz CT molecular complexity index is 795. The zero-order valence-electron chi connectivity index (χ0n) is 37.5. The molecule has 0 aromatic rings. The quantitative estimate of drug-likeness (QED) is 0.0426. The Morgan fingerprint density at radius 2 is 0.691 bits per heavy atom. The SMILES string of the molecule is CCCCCCCCCCCCCC/C=C\CCCCCCCCCCCCC(=O)NC(CO)C(O)/C=C/CCCCCCCCCCCCCCCCC. The van der Waals surface area contributed by atoms with Crippen LogP contribution in [0.3, 0.4) is 0 Å². The first kappa shape index (κ1) is 53.9. The number of amides is 1. The summed E-state index contributed by atoms with van der Waals surface area (Å²) in [5, 5.41) is 23.1. The second-order valence-electron chi connectivity index (χ2n) is 17.2. The van der Waals surface area contributed by atoms with Gasteiger partial charge in [0, 0.05) is 6.42 Å². The van der Waals surface area contributed by atoms with Crippen molar-refractivity contribution in [2.75, 3.05) is 6.61 Å². The lowest BCUT2D eigenvalue weighted by Gasteiger charge is -2.20. The Labute approximate surface area is 345 Å². The molecule has 0 heterocycles. The van der Waals surface area contributed by atoms with Crippen molar-refractivity contribution in [2.24, 2.45) is 0 Å². The van der Waals surface area contributed by atoms with Crippen LogP contribution in [0, 0.1) is 0 Å². The van der Waals surface area contributed by atoms with Crippen molar-refractivity contribution in [3.63, 3.8) is 0 Å². The first-order valence-corrected chi connectivity index (χ1v) is 25.1. The fourth-order valence-corrected chi connectivity index (χ4v) is 7.82. The predicted molar refractivity (Wildman–Crippen MR) is 244 cm³/mol. The molecule has 0 aromatic heterocycles. The van der Waals surface area contributed by atoms with E-state index in [4.69, 9.17) is 0 Å². The lowest BCUT2D eigenvalue weighted by atomic mass is 10.0. The second-order valence-corrected chi connectivity index (χ2v) is 17.2. The van der Waals surface area contributed by atoms with Gasteiger partial charge in [-0.15, -0.1) is 0 Å². The molecule has 0 aliphatic heterocycles. The Hall–Kier alpha value is -1.13. The van der Waals surface area contributed by atoms with E-state index in [1.54, 1.807) is 6.08 Å². The van der Waals surface area contributed by atoms with E-state index < -0.39 is 12.1 Å². The Kier molecular flexibility index (Phi) is 46.3. The molecule has 0 aliphatic rings. The molecule has 0 radical (unpaired) electrons. The fraction of sp³-hybridized carbons (Fsp3) is 0.902. The van der Waals surface area contributed by atoms with Crippen LogP contribution < -0.4 is 5.32 Å². The number of hydrogen-bond acceptors (Lipinski definition) is 3. The molecule has 4 heteroatoms. The summed E-state index contributed by atoms with van der Waals surface area (Å²) in [5.74, 6) is -0.0619. The van der Waals surface area contributed by atoms with Crippen LogP contribution in [0.4, 0.5) is 0 Å². The highest BCUT2D eigenvalue weighted by molar-refractivity contribution is 5.76. The molecule has 3 N–H and O–H groups in total. The Morgan fingerprint density at radius 3 is 1.00 bits per heavy atom. The highest BCUT2D eigenvalue weighted by Crippen LogP contribution is 2.16. The number of aliphatic hydroxyl groups excluding tert-OH is 2. The molecule has 1 amide bonds. The van der Waals surface area contributed by atoms with Gasteiger partial charge in [-0.1, -0.05) is 250 Å². The number of carbonyl (C=O) groups is 1. The molecule has 0 rings (SSSR count). The van der Waals surface area contributed by atoms with Gasteiger partial charge in [-0.05, 0) is 44.9 Å². The van der Waals surface area contributed by atoms with E-state index in [0.29, 0.717) is 6.42 Å². The minimum atomic E-state index is -0.837. The molecule has 2 unspecified atom stereocenters. The van der Waals surface area contributed by atoms with Gasteiger partial charge in [-0.3, -0.25) is 4.79 Å². The summed E-state index contributed by atoms with van der Waals surface area (Å²) in [6, 6.07) is -0.620. The number of hydrogen-bond donors (Lipinski definition) is 3. The maximum Gasteiger partial charge on any atom is 0.220 e. The lowest BCUT2D eigenvalue weighted by molar-refractivity contribution is -0.123. The lowest BCUT2D eigenvalue weighted by Crippen LogP contribution is -2.45. The average molecular weight is 774 g/mol. The molecular formula is C51H99NO3. The van der Waals surface area contributed by atoms with E-state index >= 15 is 0 Å². The zero-order valence-corrected chi connectivity index (χ0v) is 37.5. The number of allylic oxidation sites excluding steroid dienone is 3. The zero-order chi connectivity index (χ0) is 40.0. The summed E-state index contributed by atoms with van der Waals surface area (Å²) in [6.45, 7) is 4.33. The molecule has 0 saturated carbocycles. The predicted octanol–water partition coefficient (Wildman–Crippen LogP) is 16.0. The highest BCUT2D eigenvalue weighted by Gasteiger charge is 2.18. The van der Waals surface area contributed by atoms with E-state index in [-0.39, 0.29) is 12.5 Å². The summed E-state index contributed by atoms with van der Waals surface area (Å²) in [5.41, 5.74) is 0. The summed E-state index contributed by atoms with van der Waals surface area (Å²) in [7, 11) is 0. The summed E-state index contributed by atoms with van der Waals surface area (Å²) in [6.07, 6.45) is 61.7. The molecule has 4 nitrogen and oxygen atoms in total. The maximum absolute atomic E-state index is 12.4. The van der Waals surface area contributed by atoms with E-state index in [2.05, 4.69) is 31.3 Å². The first-order valence-electron chi connectivity index (χ1n) is 25.1. The second kappa shape index (κ2) is 47.2. The summed E-state index contributed by atoms with van der Waals surface area (Å²) < 4.78 is 0. The third-order valence-electron chi connectivity index (χ3n) is 11.7. The van der Waals surface area contributed by atoms with Gasteiger partial charge in [0.2, 0.25) is 5.91 Å². The number of carbonyl (C=O) groups excluding carboxylic acids is 1. The van der Waals surface area contributed by atoms with Gasteiger partial charge >= 0.3 is 0 Å². The van der Waals surface area contributed by atoms with Gasteiger partial charge in [0.15, 0.2) is 0 Å². The Balaban J connectivity index is 3.50. The topological polar surface area (TPSA) is 69.6 Å². The van der Waals surface area contributed by atoms with Crippen LogP contribution in [0.1, 0.15) is 277 Å². The average Bonchev–Trinajstić information content (AvgIpc) is 3.19. The molecule has 0 aliphatic carbocycles. The normalized spacial score (nSPS) is 13.0. The standard InChI is InChI=1S/C51H99NO3/c1-3-5-7-9-11-13-15-17-19-21-22-23-24-25-26-27-28-29-31-33-35-37-39-41-43-45-47-51(55)52-49(48-53)50(54)46-44-42-40-38-36-34-32-30-20-18-16-14-12-10-8-6-4-2/h25-26,44,46,49-50,53-54H,3-24,27-43,45,47-48H2,1-2H3,(H,52,55)/b26-25-,46-44+. The van der Waals surface area contributed by atoms with Gasteiger partial charge in [-0.2, -0.15) is 0 Å². The van der Waals surface area contributed by atoms with Gasteiger partial charge in [0.05, 0.1) is 18.8 Å². The van der Waals surface area contributed by atoms with Crippen molar-refractivity contribution < 1.29 is 15.0 Å². The minimum absolute atomic E-state index is 0.0619. The van der Waals surface area contributed by atoms with Crippen molar-refractivity contribution in [2.45, 2.75) is 289 Å². The number of nitrogens with one attached hydrogen (secondary N) is 1. The molecule has 0 bridgehead atoms. The van der Waals surface area contributed by atoms with Crippen molar-refractivity contribution in [1.82, 2.24) is 5.32 Å². The van der Waals surface area contributed by atoms with E-state index in [0.717, 1.165) is 25.7 Å². The van der Waals surface area contributed by atoms with Crippen molar-refractivity contribution >= 4 is 5.91 Å². The van der Waals surface area contributed by atoms with E-state index in [1.807, 2.05) is 6.08 Å². The van der Waals surface area contributed by atoms with E-state index in [9.17, 15) is 15.0 Å². The van der Waals surface area contributed by atoms with Crippen LogP contribution in [-0.2, 0) is 4.79 Å². The first-order chi connectivity index (χ1) is 27.2. The molecule has 0 aromatic carbocycles. The van der Waals surface area contributed by atoms with E-state index in [1.165, 1.54) is 231 Å². The van der Waals surface area contributed by atoms with Crippen LogP contribution in [0.5, 0.6) is 0 Å². The van der Waals surface area contributed by atoms with Crippen molar-refractivity contribution in [3.05, 3.63) is 24.3 Å². The van der Waals surface area contributed by atoms with Crippen LogP contribution in [0.25, 0.3) is 0 Å². The molecular weight excluding hydrogens is 675 g/mol. The molecule has 0 fully saturated rings. The maximum atomic E-state index is 12.4. The number of aliphatic hydroxyl groups is 2. The smallest absolute Gasteiger partial charge is 0.220 e. The van der Waals surface area contributed by atoms with Crippen molar-refractivity contribution in [1.29, 1.82) is 0 Å². The van der Waals surface area contributed by atoms with Gasteiger partial charge in [-0.25, -0.2) is 0 Å². The van der Waals surface area contributed by atoms with Gasteiger partial charge in [0.25, 0.3) is 0 Å². The third-order valence-corrected chi connectivity index (χ3v) is 11.7. The molecule has 0 spiro atoms. The van der Waals surface area contributed by atoms with Gasteiger partial charge in [0.1, 0.15) is 0 Å². The molecule has 2 atom stereocenters. The summed E-state index contributed by atoms with van der Waals surface area (Å²) >= 11 is 0. The largest absolute Gasteiger partial charge is 0.394 e. The molecule has 0 saturated heterocycles. The van der Waals surface area contributed by atoms with Gasteiger partial charge < -0.3 is 15.5 Å². The monoisotopic (exact) mass is 774 g/mol. The number of rotatable bonds is 46. The minimum Gasteiger partial charge on any atom is -0.394 e. The van der Waals surface area contributed by atoms with Crippen LogP contribution >= 0.6 is 0 Å². The van der Waals surface area contributed by atoms with Crippen molar-refractivity contribution in [3.8, 4) is 0 Å².